The Morgan fingerprint density at radius 1 is 0.921 bits per heavy atom. The van der Waals surface area contributed by atoms with E-state index in [1.807, 2.05) is 0 Å². The van der Waals surface area contributed by atoms with Crippen molar-refractivity contribution < 1.29 is 33.3 Å². The fraction of sp³-hybridized carbons (Fsp3) is 0.533. The number of amides is 1. The van der Waals surface area contributed by atoms with Crippen LogP contribution in [0, 0.1) is 17.7 Å². The molecule has 0 aromatic heterocycles. The molecule has 1 amide bonds. The standard InChI is InChI=1S/C30H36FNO6/c1-36-22-15-26(28(31)27(16-22)38-21-11-12-21)23-13-10-19(14-18(23)17-37-20-6-2-3-7-20)32-29(33)24-8-4-5-9-25(24)30(34)35/h10,13-16,20-21,24-25H,2-9,11-12,17H2,1H3,(H,32,33)(H,34,35). The van der Waals surface area contributed by atoms with Gasteiger partial charge in [0.15, 0.2) is 11.6 Å². The van der Waals surface area contributed by atoms with Crippen molar-refractivity contribution in [1.82, 2.24) is 0 Å². The third-order valence-electron chi connectivity index (χ3n) is 7.93. The lowest BCUT2D eigenvalue weighted by atomic mass is 9.78. The third kappa shape index (κ3) is 6.12. The average molecular weight is 526 g/mol. The van der Waals surface area contributed by atoms with Crippen LogP contribution in [0.3, 0.4) is 0 Å². The molecule has 7 nitrogen and oxygen atoms in total. The zero-order valence-electron chi connectivity index (χ0n) is 21.8. The number of nitrogens with one attached hydrogen (secondary N) is 1. The maximum absolute atomic E-state index is 15.7. The Morgan fingerprint density at radius 3 is 2.32 bits per heavy atom. The quantitative estimate of drug-likeness (QED) is 0.376. The van der Waals surface area contributed by atoms with Gasteiger partial charge in [0.1, 0.15) is 5.75 Å². The molecule has 0 aliphatic heterocycles. The van der Waals surface area contributed by atoms with Gasteiger partial charge in [0.2, 0.25) is 5.91 Å². The van der Waals surface area contributed by atoms with Crippen molar-refractivity contribution in [3.63, 3.8) is 0 Å². The maximum atomic E-state index is 15.7. The summed E-state index contributed by atoms with van der Waals surface area (Å²) in [5, 5.41) is 12.5. The van der Waals surface area contributed by atoms with Gasteiger partial charge in [-0.3, -0.25) is 9.59 Å². The fourth-order valence-corrected chi connectivity index (χ4v) is 5.63. The first-order valence-electron chi connectivity index (χ1n) is 13.8. The molecular weight excluding hydrogens is 489 g/mol. The number of aliphatic carboxylic acids is 1. The molecule has 0 spiro atoms. The molecule has 2 atom stereocenters. The number of carboxylic acids is 1. The zero-order valence-corrected chi connectivity index (χ0v) is 21.8. The Morgan fingerprint density at radius 2 is 1.63 bits per heavy atom. The summed E-state index contributed by atoms with van der Waals surface area (Å²) in [6, 6.07) is 8.54. The molecule has 0 heterocycles. The number of carbonyl (C=O) groups is 2. The predicted molar refractivity (Wildman–Crippen MR) is 141 cm³/mol. The number of carbonyl (C=O) groups excluding carboxylic acids is 1. The minimum atomic E-state index is -0.927. The van der Waals surface area contributed by atoms with Crippen LogP contribution in [0.4, 0.5) is 10.1 Å². The predicted octanol–water partition coefficient (Wildman–Crippen LogP) is 6.33. The number of rotatable bonds is 10. The molecule has 0 saturated heterocycles. The highest BCUT2D eigenvalue weighted by Crippen LogP contribution is 2.40. The summed E-state index contributed by atoms with van der Waals surface area (Å²) < 4.78 is 33.2. The van der Waals surface area contributed by atoms with Crippen LogP contribution in [0.25, 0.3) is 11.1 Å². The van der Waals surface area contributed by atoms with Crippen molar-refractivity contribution in [2.24, 2.45) is 11.8 Å². The SMILES string of the molecule is COc1cc(OC2CC2)c(F)c(-c2ccc(NC(=O)C3CCCCC3C(=O)O)cc2COC2CCCC2)c1. The second-order valence-corrected chi connectivity index (χ2v) is 10.7. The molecule has 2 aromatic rings. The average Bonchev–Trinajstić information content (AvgIpc) is 3.58. The molecule has 0 radical (unpaired) electrons. The first-order chi connectivity index (χ1) is 18.4. The third-order valence-corrected chi connectivity index (χ3v) is 7.93. The van der Waals surface area contributed by atoms with Crippen molar-refractivity contribution in [3.8, 4) is 22.6 Å². The van der Waals surface area contributed by atoms with Crippen molar-refractivity contribution in [3.05, 3.63) is 41.7 Å². The minimum Gasteiger partial charge on any atom is -0.497 e. The van der Waals surface area contributed by atoms with Crippen LogP contribution >= 0.6 is 0 Å². The van der Waals surface area contributed by atoms with Crippen molar-refractivity contribution in [1.29, 1.82) is 0 Å². The number of halogens is 1. The van der Waals surface area contributed by atoms with Crippen LogP contribution in [0.2, 0.25) is 0 Å². The highest BCUT2D eigenvalue weighted by atomic mass is 19.1. The van der Waals surface area contributed by atoms with Gasteiger partial charge < -0.3 is 24.6 Å². The number of methoxy groups -OCH3 is 1. The summed E-state index contributed by atoms with van der Waals surface area (Å²) in [4.78, 5) is 24.8. The lowest BCUT2D eigenvalue weighted by molar-refractivity contribution is -0.147. The topological polar surface area (TPSA) is 94.1 Å². The molecular formula is C30H36FNO6. The van der Waals surface area contributed by atoms with Crippen LogP contribution in [0.1, 0.15) is 69.8 Å². The fourth-order valence-electron chi connectivity index (χ4n) is 5.63. The summed E-state index contributed by atoms with van der Waals surface area (Å²) in [5.41, 5.74) is 2.26. The molecule has 0 bridgehead atoms. The van der Waals surface area contributed by atoms with Gasteiger partial charge in [-0.15, -0.1) is 0 Å². The van der Waals surface area contributed by atoms with Gasteiger partial charge in [-0.05, 0) is 67.9 Å². The van der Waals surface area contributed by atoms with E-state index in [0.29, 0.717) is 35.4 Å². The van der Waals surface area contributed by atoms with Gasteiger partial charge >= 0.3 is 5.97 Å². The molecule has 3 aliphatic carbocycles. The highest BCUT2D eigenvalue weighted by molar-refractivity contribution is 5.95. The van der Waals surface area contributed by atoms with E-state index in [2.05, 4.69) is 5.32 Å². The first kappa shape index (κ1) is 26.5. The zero-order chi connectivity index (χ0) is 26.6. The van der Waals surface area contributed by atoms with E-state index in [1.165, 1.54) is 7.11 Å². The monoisotopic (exact) mass is 525 g/mol. The van der Waals surface area contributed by atoms with Crippen LogP contribution in [-0.4, -0.2) is 36.3 Å². The van der Waals surface area contributed by atoms with Crippen molar-refractivity contribution in [2.75, 3.05) is 12.4 Å². The molecule has 2 N–H and O–H groups in total. The van der Waals surface area contributed by atoms with Crippen molar-refractivity contribution in [2.45, 2.75) is 83.0 Å². The van der Waals surface area contributed by atoms with Gasteiger partial charge in [0.25, 0.3) is 0 Å². The summed E-state index contributed by atoms with van der Waals surface area (Å²) in [7, 11) is 1.54. The Kier molecular flexibility index (Phi) is 8.17. The van der Waals surface area contributed by atoms with Crippen LogP contribution in [-0.2, 0) is 20.9 Å². The number of hydrogen-bond donors (Lipinski definition) is 2. The Balaban J connectivity index is 1.45. The van der Waals surface area contributed by atoms with E-state index in [0.717, 1.165) is 56.9 Å². The van der Waals surface area contributed by atoms with E-state index in [4.69, 9.17) is 14.2 Å². The highest BCUT2D eigenvalue weighted by Gasteiger charge is 2.36. The molecule has 2 aromatic carbocycles. The molecule has 8 heteroatoms. The molecule has 3 saturated carbocycles. The van der Waals surface area contributed by atoms with Crippen LogP contribution in [0.15, 0.2) is 30.3 Å². The molecule has 3 fully saturated rings. The molecule has 38 heavy (non-hydrogen) atoms. The van der Waals surface area contributed by atoms with Gasteiger partial charge in [-0.2, -0.15) is 0 Å². The van der Waals surface area contributed by atoms with Gasteiger partial charge in [-0.25, -0.2) is 4.39 Å². The normalized spacial score (nSPS) is 21.7. The van der Waals surface area contributed by atoms with Gasteiger partial charge in [0, 0.05) is 17.3 Å². The van der Waals surface area contributed by atoms with E-state index in [9.17, 15) is 14.7 Å². The van der Waals surface area contributed by atoms with E-state index in [1.54, 1.807) is 30.3 Å². The molecule has 2 unspecified atom stereocenters. The number of benzene rings is 2. The Hall–Kier alpha value is -3.13. The van der Waals surface area contributed by atoms with Gasteiger partial charge in [-0.1, -0.05) is 31.7 Å². The van der Waals surface area contributed by atoms with E-state index >= 15 is 4.39 Å². The van der Waals surface area contributed by atoms with Crippen molar-refractivity contribution >= 4 is 17.6 Å². The summed E-state index contributed by atoms with van der Waals surface area (Å²) in [6.07, 6.45) is 8.97. The van der Waals surface area contributed by atoms with E-state index < -0.39 is 23.6 Å². The second kappa shape index (κ2) is 11.7. The maximum Gasteiger partial charge on any atom is 0.307 e. The van der Waals surface area contributed by atoms with E-state index in [-0.39, 0.29) is 30.5 Å². The number of carboxylic acid groups (broad SMARTS) is 1. The second-order valence-electron chi connectivity index (χ2n) is 10.7. The number of hydrogen-bond acceptors (Lipinski definition) is 5. The Bertz CT molecular complexity index is 1170. The van der Waals surface area contributed by atoms with Crippen LogP contribution in [0.5, 0.6) is 11.5 Å². The molecule has 5 rings (SSSR count). The number of ether oxygens (including phenoxy) is 3. The lowest BCUT2D eigenvalue weighted by Gasteiger charge is -2.27. The molecule has 204 valence electrons. The summed E-state index contributed by atoms with van der Waals surface area (Å²) >= 11 is 0. The summed E-state index contributed by atoms with van der Waals surface area (Å²) in [5.74, 6) is -2.26. The molecule has 3 aliphatic rings. The lowest BCUT2D eigenvalue weighted by Crippen LogP contribution is -2.36. The summed E-state index contributed by atoms with van der Waals surface area (Å²) in [6.45, 7) is 0.264. The first-order valence-corrected chi connectivity index (χ1v) is 13.8. The smallest absolute Gasteiger partial charge is 0.307 e. The number of anilines is 1. The van der Waals surface area contributed by atoms with Gasteiger partial charge in [0.05, 0.1) is 37.8 Å². The van der Waals surface area contributed by atoms with Crippen LogP contribution < -0.4 is 14.8 Å². The largest absolute Gasteiger partial charge is 0.497 e. The Labute approximate surface area is 222 Å². The minimum absolute atomic E-state index is 0.0293.